The van der Waals surface area contributed by atoms with Gasteiger partial charge in [0.05, 0.1) is 5.38 Å². The minimum Gasteiger partial charge on any atom is -0.478 e. The van der Waals surface area contributed by atoms with Gasteiger partial charge in [0.2, 0.25) is 0 Å². The molecule has 1 aliphatic rings. The summed E-state index contributed by atoms with van der Waals surface area (Å²) in [5, 5.41) is 8.18. The third-order valence-electron chi connectivity index (χ3n) is 1.07. The molecule has 1 aliphatic carbocycles. The van der Waals surface area contributed by atoms with Crippen LogP contribution in [0.4, 0.5) is 0 Å². The van der Waals surface area contributed by atoms with Crippen molar-refractivity contribution in [3.8, 4) is 0 Å². The van der Waals surface area contributed by atoms with Crippen LogP contribution in [-0.4, -0.2) is 16.5 Å². The predicted molar refractivity (Wildman–Crippen MR) is 30.0 cm³/mol. The lowest BCUT2D eigenvalue weighted by atomic mass is 9.99. The third kappa shape index (κ3) is 0.842. The zero-order valence-corrected chi connectivity index (χ0v) is 4.85. The number of aliphatic carboxylic acids is 1. The van der Waals surface area contributed by atoms with E-state index in [2.05, 4.69) is 0 Å². The van der Waals surface area contributed by atoms with E-state index in [1.54, 1.807) is 6.08 Å². The summed E-state index contributed by atoms with van der Waals surface area (Å²) in [5.41, 5.74) is 0.435. The van der Waals surface area contributed by atoms with Crippen LogP contribution in [0.3, 0.4) is 0 Å². The molecule has 8 heavy (non-hydrogen) atoms. The summed E-state index contributed by atoms with van der Waals surface area (Å²) >= 11 is 5.45. The van der Waals surface area contributed by atoms with Crippen molar-refractivity contribution in [1.29, 1.82) is 0 Å². The molecule has 44 valence electrons. The maximum Gasteiger partial charge on any atom is 0.331 e. The van der Waals surface area contributed by atoms with Gasteiger partial charge in [-0.25, -0.2) is 4.79 Å². The molecule has 2 nitrogen and oxygen atoms in total. The van der Waals surface area contributed by atoms with Crippen LogP contribution in [0.1, 0.15) is 6.42 Å². The van der Waals surface area contributed by atoms with Gasteiger partial charge in [-0.3, -0.25) is 0 Å². The van der Waals surface area contributed by atoms with E-state index in [4.69, 9.17) is 16.7 Å². The number of carboxylic acids is 1. The molecular formula is C5H5ClO2. The van der Waals surface area contributed by atoms with E-state index in [1.807, 2.05) is 0 Å². The van der Waals surface area contributed by atoms with Crippen LogP contribution in [0.5, 0.6) is 0 Å². The molecule has 0 saturated heterocycles. The molecule has 1 atom stereocenters. The molecule has 0 saturated carbocycles. The highest BCUT2D eigenvalue weighted by atomic mass is 35.5. The van der Waals surface area contributed by atoms with Gasteiger partial charge in [0.1, 0.15) is 0 Å². The number of alkyl halides is 1. The predicted octanol–water partition coefficient (Wildman–Crippen LogP) is 1.01. The molecule has 1 N–H and O–H groups in total. The molecule has 0 heterocycles. The van der Waals surface area contributed by atoms with Gasteiger partial charge in [-0.05, 0) is 6.42 Å². The van der Waals surface area contributed by atoms with Crippen LogP contribution in [0.2, 0.25) is 0 Å². The van der Waals surface area contributed by atoms with Crippen LogP contribution < -0.4 is 0 Å². The summed E-state index contributed by atoms with van der Waals surface area (Å²) in [6, 6.07) is 0. The van der Waals surface area contributed by atoms with Crippen molar-refractivity contribution in [2.75, 3.05) is 0 Å². The Morgan fingerprint density at radius 2 is 2.50 bits per heavy atom. The highest BCUT2D eigenvalue weighted by molar-refractivity contribution is 6.23. The molecule has 0 aromatic carbocycles. The molecule has 0 aromatic heterocycles. The summed E-state index contributed by atoms with van der Waals surface area (Å²) < 4.78 is 0. The van der Waals surface area contributed by atoms with Gasteiger partial charge in [0, 0.05) is 5.57 Å². The fraction of sp³-hybridized carbons (Fsp3) is 0.400. The average Bonchev–Trinajstić information content (AvgIpc) is 1.57. The second-order valence-corrected chi connectivity index (χ2v) is 2.28. The molecule has 0 aromatic rings. The van der Waals surface area contributed by atoms with Gasteiger partial charge in [0.15, 0.2) is 0 Å². The van der Waals surface area contributed by atoms with Crippen molar-refractivity contribution < 1.29 is 9.90 Å². The van der Waals surface area contributed by atoms with Gasteiger partial charge in [-0.15, -0.1) is 11.6 Å². The van der Waals surface area contributed by atoms with Crippen LogP contribution in [0, 0.1) is 0 Å². The number of hydrogen-bond acceptors (Lipinski definition) is 1. The second-order valence-electron chi connectivity index (χ2n) is 1.72. The molecule has 0 radical (unpaired) electrons. The summed E-state index contributed by atoms with van der Waals surface area (Å²) in [5.74, 6) is -0.845. The summed E-state index contributed by atoms with van der Waals surface area (Å²) in [7, 11) is 0. The Morgan fingerprint density at radius 3 is 2.62 bits per heavy atom. The zero-order valence-electron chi connectivity index (χ0n) is 4.10. The zero-order chi connectivity index (χ0) is 6.15. The first-order valence-electron chi connectivity index (χ1n) is 2.28. The fourth-order valence-electron chi connectivity index (χ4n) is 0.553. The largest absolute Gasteiger partial charge is 0.478 e. The van der Waals surface area contributed by atoms with E-state index in [9.17, 15) is 4.79 Å². The molecule has 0 unspecified atom stereocenters. The Morgan fingerprint density at radius 1 is 2.00 bits per heavy atom. The SMILES string of the molecule is O=C(O)C1=C[C@@H](Cl)C1. The average molecular weight is 133 g/mol. The third-order valence-corrected chi connectivity index (χ3v) is 1.35. The van der Waals surface area contributed by atoms with Gasteiger partial charge >= 0.3 is 5.97 Å². The number of allylic oxidation sites excluding steroid dienone is 1. The van der Waals surface area contributed by atoms with Crippen LogP contribution in [0.25, 0.3) is 0 Å². The van der Waals surface area contributed by atoms with Gasteiger partial charge in [-0.2, -0.15) is 0 Å². The molecule has 0 bridgehead atoms. The number of carbonyl (C=O) groups is 1. The van der Waals surface area contributed by atoms with Crippen LogP contribution in [-0.2, 0) is 4.79 Å². The summed E-state index contributed by atoms with van der Waals surface area (Å²) in [6.45, 7) is 0. The lowest BCUT2D eigenvalue weighted by Gasteiger charge is -2.14. The van der Waals surface area contributed by atoms with Crippen molar-refractivity contribution in [2.45, 2.75) is 11.8 Å². The number of hydrogen-bond donors (Lipinski definition) is 1. The van der Waals surface area contributed by atoms with Crippen molar-refractivity contribution in [2.24, 2.45) is 0 Å². The Balaban J connectivity index is 2.54. The molecule has 0 aliphatic heterocycles. The van der Waals surface area contributed by atoms with Gasteiger partial charge < -0.3 is 5.11 Å². The number of halogens is 1. The van der Waals surface area contributed by atoms with Crippen LogP contribution >= 0.6 is 11.6 Å². The van der Waals surface area contributed by atoms with E-state index < -0.39 is 5.97 Å². The lowest BCUT2D eigenvalue weighted by Crippen LogP contribution is -2.16. The van der Waals surface area contributed by atoms with E-state index >= 15 is 0 Å². The quantitative estimate of drug-likeness (QED) is 0.541. The molecule has 3 heteroatoms. The minimum atomic E-state index is -0.845. The lowest BCUT2D eigenvalue weighted by molar-refractivity contribution is -0.133. The first kappa shape index (κ1) is 5.63. The monoisotopic (exact) mass is 132 g/mol. The smallest absolute Gasteiger partial charge is 0.331 e. The van der Waals surface area contributed by atoms with Crippen molar-refractivity contribution in [3.05, 3.63) is 11.6 Å². The van der Waals surface area contributed by atoms with E-state index in [1.165, 1.54) is 0 Å². The highest BCUT2D eigenvalue weighted by Gasteiger charge is 2.21. The van der Waals surface area contributed by atoms with Gasteiger partial charge in [0.25, 0.3) is 0 Å². The number of carboxylic acid groups (broad SMARTS) is 1. The minimum absolute atomic E-state index is 0.0406. The Labute approximate surface area is 51.8 Å². The molecule has 0 amide bonds. The van der Waals surface area contributed by atoms with Gasteiger partial charge in [-0.1, -0.05) is 6.08 Å². The van der Waals surface area contributed by atoms with Crippen molar-refractivity contribution >= 4 is 17.6 Å². The highest BCUT2D eigenvalue weighted by Crippen LogP contribution is 2.23. The van der Waals surface area contributed by atoms with Crippen LogP contribution in [0.15, 0.2) is 11.6 Å². The van der Waals surface area contributed by atoms with E-state index in [0.717, 1.165) is 0 Å². The fourth-order valence-corrected chi connectivity index (χ4v) is 0.872. The first-order chi connectivity index (χ1) is 3.70. The Kier molecular flexibility index (Phi) is 1.26. The first-order valence-corrected chi connectivity index (χ1v) is 2.72. The number of rotatable bonds is 1. The molecule has 1 rings (SSSR count). The summed E-state index contributed by atoms with van der Waals surface area (Å²) in [6.07, 6.45) is 2.06. The Hall–Kier alpha value is -0.500. The topological polar surface area (TPSA) is 37.3 Å². The maximum absolute atomic E-state index is 10.0. The molecule has 0 spiro atoms. The van der Waals surface area contributed by atoms with Crippen molar-refractivity contribution in [1.82, 2.24) is 0 Å². The van der Waals surface area contributed by atoms with E-state index in [0.29, 0.717) is 12.0 Å². The second kappa shape index (κ2) is 1.78. The van der Waals surface area contributed by atoms with Crippen molar-refractivity contribution in [3.63, 3.8) is 0 Å². The normalized spacial score (nSPS) is 26.1. The standard InChI is InChI=1S/C5H5ClO2/c6-4-1-3(2-4)5(7)8/h1,4H,2H2,(H,7,8)/t4-/m1/s1. The Bertz CT molecular complexity index is 151. The maximum atomic E-state index is 10.0. The summed E-state index contributed by atoms with van der Waals surface area (Å²) in [4.78, 5) is 10.0. The molecular weight excluding hydrogens is 128 g/mol. The molecule has 0 fully saturated rings. The van der Waals surface area contributed by atoms with E-state index in [-0.39, 0.29) is 5.38 Å².